The molecule has 0 saturated carbocycles. The average molecular weight is 433 g/mol. The molecule has 4 N–H and O–H groups in total. The van der Waals surface area contributed by atoms with Crippen LogP contribution in [0.2, 0.25) is 0 Å². The summed E-state index contributed by atoms with van der Waals surface area (Å²) in [6, 6.07) is 0. The van der Waals surface area contributed by atoms with E-state index < -0.39 is 65.2 Å². The highest BCUT2D eigenvalue weighted by atomic mass is 32.2. The molecule has 0 aliphatic rings. The standard InChI is InChI=1S/C11H14F10O3S.H3N/c12-7(5-3-1-2-4-6-8(13,14)15)9(16,17)10(18,19)11(20,21)25(22,23)24;/h7H,1-6H2,(H,22,23,24);1H3. The summed E-state index contributed by atoms with van der Waals surface area (Å²) in [6.07, 6.45) is -12.5. The molecule has 0 aromatic heterocycles. The Morgan fingerprint density at radius 1 is 0.808 bits per heavy atom. The van der Waals surface area contributed by atoms with Crippen LogP contribution in [0.1, 0.15) is 38.5 Å². The molecule has 0 aromatic rings. The molecule has 0 bridgehead atoms. The van der Waals surface area contributed by atoms with Gasteiger partial charge >= 0.3 is 33.4 Å². The summed E-state index contributed by atoms with van der Waals surface area (Å²) >= 11 is 0. The molecule has 0 heterocycles. The fourth-order valence-electron chi connectivity index (χ4n) is 1.74. The fraction of sp³-hybridized carbons (Fsp3) is 1.00. The van der Waals surface area contributed by atoms with Crippen LogP contribution in [0, 0.1) is 0 Å². The van der Waals surface area contributed by atoms with Crippen LogP contribution >= 0.6 is 0 Å². The first kappa shape index (κ1) is 27.4. The van der Waals surface area contributed by atoms with Crippen LogP contribution in [0.15, 0.2) is 0 Å². The second kappa shape index (κ2) is 8.91. The van der Waals surface area contributed by atoms with Crippen LogP contribution < -0.4 is 6.15 Å². The third-order valence-electron chi connectivity index (χ3n) is 3.17. The smallest absolute Gasteiger partial charge is 0.344 e. The highest BCUT2D eigenvalue weighted by Crippen LogP contribution is 2.50. The highest BCUT2D eigenvalue weighted by Gasteiger charge is 2.79. The molecular weight excluding hydrogens is 416 g/mol. The maximum Gasteiger partial charge on any atom is 0.438 e. The number of rotatable bonds is 10. The van der Waals surface area contributed by atoms with Gasteiger partial charge in [0.1, 0.15) is 0 Å². The van der Waals surface area contributed by atoms with Gasteiger partial charge < -0.3 is 6.15 Å². The largest absolute Gasteiger partial charge is 0.438 e. The summed E-state index contributed by atoms with van der Waals surface area (Å²) in [7, 11) is -6.96. The summed E-state index contributed by atoms with van der Waals surface area (Å²) in [4.78, 5) is 0. The van der Waals surface area contributed by atoms with Gasteiger partial charge in [0.15, 0.2) is 6.17 Å². The zero-order chi connectivity index (χ0) is 20.3. The van der Waals surface area contributed by atoms with Gasteiger partial charge in [-0.25, -0.2) is 4.39 Å². The second-order valence-corrected chi connectivity index (χ2v) is 6.69. The molecule has 4 nitrogen and oxygen atoms in total. The van der Waals surface area contributed by atoms with Crippen molar-refractivity contribution in [3.05, 3.63) is 0 Å². The molecule has 26 heavy (non-hydrogen) atoms. The third kappa shape index (κ3) is 6.40. The van der Waals surface area contributed by atoms with Gasteiger partial charge in [-0.05, 0) is 12.8 Å². The Balaban J connectivity index is 0. The Hall–Kier alpha value is -0.830. The SMILES string of the molecule is N.O=S(=O)(O)C(F)(F)C(F)(F)C(F)(F)C(F)CCCCCCC(F)(F)F. The number of hydrogen-bond acceptors (Lipinski definition) is 3. The summed E-state index contributed by atoms with van der Waals surface area (Å²) in [5, 5.41) is -6.64. The second-order valence-electron chi connectivity index (χ2n) is 5.22. The molecular formula is C11H17F10NO3S. The molecule has 0 rings (SSSR count). The van der Waals surface area contributed by atoms with E-state index in [9.17, 15) is 52.3 Å². The van der Waals surface area contributed by atoms with Gasteiger partial charge in [0, 0.05) is 6.42 Å². The molecule has 1 unspecified atom stereocenters. The Bertz CT molecular complexity index is 535. The van der Waals surface area contributed by atoms with Gasteiger partial charge in [-0.1, -0.05) is 19.3 Å². The lowest BCUT2D eigenvalue weighted by molar-refractivity contribution is -0.300. The minimum atomic E-state index is -6.96. The zero-order valence-corrected chi connectivity index (χ0v) is 13.8. The first-order chi connectivity index (χ1) is 10.9. The van der Waals surface area contributed by atoms with Crippen molar-refractivity contribution in [1.82, 2.24) is 6.15 Å². The predicted molar refractivity (Wildman–Crippen MR) is 70.1 cm³/mol. The van der Waals surface area contributed by atoms with Gasteiger partial charge in [-0.2, -0.15) is 47.9 Å². The van der Waals surface area contributed by atoms with Crippen molar-refractivity contribution in [3.63, 3.8) is 0 Å². The molecule has 0 spiro atoms. The minimum absolute atomic E-state index is 0. The Morgan fingerprint density at radius 3 is 1.62 bits per heavy atom. The topological polar surface area (TPSA) is 89.4 Å². The van der Waals surface area contributed by atoms with Crippen LogP contribution in [0.5, 0.6) is 0 Å². The first-order valence-electron chi connectivity index (χ1n) is 6.69. The molecule has 0 radical (unpaired) electrons. The first-order valence-corrected chi connectivity index (χ1v) is 8.13. The van der Waals surface area contributed by atoms with Crippen LogP contribution in [-0.2, 0) is 10.1 Å². The summed E-state index contributed by atoms with van der Waals surface area (Å²) in [5.41, 5.74) is 0. The van der Waals surface area contributed by atoms with Gasteiger partial charge in [0.25, 0.3) is 0 Å². The van der Waals surface area contributed by atoms with E-state index in [1.165, 1.54) is 0 Å². The quantitative estimate of drug-likeness (QED) is 0.284. The van der Waals surface area contributed by atoms with Crippen molar-refractivity contribution in [2.45, 2.75) is 68.0 Å². The normalized spacial score (nSPS) is 15.5. The molecule has 15 heteroatoms. The number of halogens is 10. The van der Waals surface area contributed by atoms with Crippen molar-refractivity contribution < 1.29 is 56.9 Å². The summed E-state index contributed by atoms with van der Waals surface area (Å²) in [6.45, 7) is 0. The highest BCUT2D eigenvalue weighted by molar-refractivity contribution is 7.87. The van der Waals surface area contributed by atoms with E-state index in [2.05, 4.69) is 0 Å². The molecule has 0 fully saturated rings. The summed E-state index contributed by atoms with van der Waals surface area (Å²) < 4.78 is 155. The van der Waals surface area contributed by atoms with Gasteiger partial charge in [-0.3, -0.25) is 4.55 Å². The molecule has 0 aliphatic heterocycles. The lowest BCUT2D eigenvalue weighted by Gasteiger charge is -2.32. The van der Waals surface area contributed by atoms with Crippen LogP contribution in [0.4, 0.5) is 43.9 Å². The molecule has 1 atom stereocenters. The predicted octanol–water partition coefficient (Wildman–Crippen LogP) is 5.14. The van der Waals surface area contributed by atoms with Gasteiger partial charge in [0.2, 0.25) is 0 Å². The number of unbranched alkanes of at least 4 members (excludes halogenated alkanes) is 3. The Kier molecular flexibility index (Phi) is 9.38. The van der Waals surface area contributed by atoms with Crippen molar-refractivity contribution in [2.24, 2.45) is 0 Å². The van der Waals surface area contributed by atoms with E-state index in [0.717, 1.165) is 0 Å². The van der Waals surface area contributed by atoms with E-state index in [4.69, 9.17) is 4.55 Å². The van der Waals surface area contributed by atoms with Gasteiger partial charge in [0.05, 0.1) is 0 Å². The monoisotopic (exact) mass is 433 g/mol. The minimum Gasteiger partial charge on any atom is -0.344 e. The lowest BCUT2D eigenvalue weighted by atomic mass is 10.0. The van der Waals surface area contributed by atoms with Crippen LogP contribution in [-0.4, -0.2) is 42.4 Å². The maximum atomic E-state index is 13.3. The lowest BCUT2D eigenvalue weighted by Crippen LogP contribution is -2.61. The molecule has 0 saturated heterocycles. The number of alkyl halides is 10. The van der Waals surface area contributed by atoms with E-state index in [0.29, 0.717) is 0 Å². The van der Waals surface area contributed by atoms with Gasteiger partial charge in [-0.15, -0.1) is 0 Å². The average Bonchev–Trinajstić information content (AvgIpc) is 2.39. The van der Waals surface area contributed by atoms with E-state index >= 15 is 0 Å². The molecule has 160 valence electrons. The van der Waals surface area contributed by atoms with Crippen LogP contribution in [0.25, 0.3) is 0 Å². The van der Waals surface area contributed by atoms with Crippen molar-refractivity contribution in [1.29, 1.82) is 0 Å². The van der Waals surface area contributed by atoms with Crippen molar-refractivity contribution in [2.75, 3.05) is 0 Å². The van der Waals surface area contributed by atoms with Crippen molar-refractivity contribution in [3.8, 4) is 0 Å². The molecule has 0 amide bonds. The summed E-state index contributed by atoms with van der Waals surface area (Å²) in [5.74, 6) is -12.9. The van der Waals surface area contributed by atoms with E-state index in [1.54, 1.807) is 0 Å². The molecule has 0 aliphatic carbocycles. The van der Waals surface area contributed by atoms with Crippen molar-refractivity contribution >= 4 is 10.1 Å². The maximum absolute atomic E-state index is 13.3. The zero-order valence-electron chi connectivity index (χ0n) is 13.0. The number of hydrogen-bond donors (Lipinski definition) is 2. The fourth-order valence-corrected chi connectivity index (χ4v) is 2.20. The Labute approximate surface area is 142 Å². The molecule has 0 aromatic carbocycles. The third-order valence-corrected chi connectivity index (χ3v) is 4.07. The van der Waals surface area contributed by atoms with E-state index in [-0.39, 0.29) is 19.0 Å². The van der Waals surface area contributed by atoms with E-state index in [1.807, 2.05) is 0 Å². The van der Waals surface area contributed by atoms with Crippen LogP contribution in [0.3, 0.4) is 0 Å². The Morgan fingerprint density at radius 2 is 1.23 bits per heavy atom.